The van der Waals surface area contributed by atoms with Gasteiger partial charge in [-0.3, -0.25) is 9.67 Å². The summed E-state index contributed by atoms with van der Waals surface area (Å²) in [6.45, 7) is 2.37. The summed E-state index contributed by atoms with van der Waals surface area (Å²) in [6.07, 6.45) is -0.872. The summed E-state index contributed by atoms with van der Waals surface area (Å²) in [5.74, 6) is 0. The van der Waals surface area contributed by atoms with Gasteiger partial charge in [0.2, 0.25) is 14.8 Å². The molecule has 3 unspecified atom stereocenters. The first-order valence-corrected chi connectivity index (χ1v) is 11.8. The number of aromatic nitrogens is 3. The number of aliphatic hydroxyl groups is 1. The predicted octanol–water partition coefficient (Wildman–Crippen LogP) is 3.35. The van der Waals surface area contributed by atoms with E-state index in [-0.39, 0.29) is 18.7 Å². The van der Waals surface area contributed by atoms with Gasteiger partial charge >= 0.3 is 6.03 Å². The van der Waals surface area contributed by atoms with Gasteiger partial charge in [-0.15, -0.1) is 0 Å². The Morgan fingerprint density at radius 3 is 2.70 bits per heavy atom. The average molecular weight is 490 g/mol. The quantitative estimate of drug-likeness (QED) is 0.643. The van der Waals surface area contributed by atoms with E-state index in [4.69, 9.17) is 0 Å². The minimum Gasteiger partial charge on any atom is -0.387 e. The highest BCUT2D eigenvalue weighted by Gasteiger charge is 2.53. The normalized spacial score (nSPS) is 19.9. The summed E-state index contributed by atoms with van der Waals surface area (Å²) in [7, 11) is -3.68. The molecule has 9 nitrogen and oxygen atoms in total. The van der Waals surface area contributed by atoms with Gasteiger partial charge in [-0.05, 0) is 45.2 Å². The Balaban J connectivity index is 1.93. The largest absolute Gasteiger partial charge is 0.387 e. The number of nitrogens with one attached hydrogen (secondary N) is 1. The molecular formula is C20H26F3N5O4S. The van der Waals surface area contributed by atoms with E-state index >= 15 is 4.39 Å². The van der Waals surface area contributed by atoms with Crippen molar-refractivity contribution in [3.8, 4) is 0 Å². The van der Waals surface area contributed by atoms with E-state index in [1.165, 1.54) is 32.3 Å². The molecular weight excluding hydrogens is 463 g/mol. The highest BCUT2D eigenvalue weighted by atomic mass is 32.2. The van der Waals surface area contributed by atoms with Crippen LogP contribution in [0.2, 0.25) is 0 Å². The van der Waals surface area contributed by atoms with Crippen LogP contribution in [-0.4, -0.2) is 56.8 Å². The van der Waals surface area contributed by atoms with Gasteiger partial charge in [-0.25, -0.2) is 26.4 Å². The van der Waals surface area contributed by atoms with Crippen molar-refractivity contribution >= 4 is 21.6 Å². The first-order valence-electron chi connectivity index (χ1n) is 10.3. The number of likely N-dealkylation sites (tertiary alicyclic amines) is 1. The Bertz CT molecular complexity index is 1120. The third kappa shape index (κ3) is 4.83. The number of carbonyl (C=O) groups is 1. The van der Waals surface area contributed by atoms with Crippen LogP contribution in [0.3, 0.4) is 0 Å². The van der Waals surface area contributed by atoms with Crippen molar-refractivity contribution in [3.63, 3.8) is 0 Å². The first-order chi connectivity index (χ1) is 15.4. The maximum Gasteiger partial charge on any atom is 0.322 e. The molecule has 3 rings (SSSR count). The van der Waals surface area contributed by atoms with Crippen molar-refractivity contribution in [3.05, 3.63) is 35.9 Å². The van der Waals surface area contributed by atoms with Crippen LogP contribution in [-0.2, 0) is 16.9 Å². The lowest BCUT2D eigenvalue weighted by Gasteiger charge is -2.41. The number of alkyl halides is 3. The third-order valence-electron chi connectivity index (χ3n) is 5.66. The van der Waals surface area contributed by atoms with E-state index in [1.54, 1.807) is 0 Å². The molecule has 0 saturated carbocycles. The maximum atomic E-state index is 16.1. The van der Waals surface area contributed by atoms with Crippen LogP contribution < -0.4 is 5.32 Å². The lowest BCUT2D eigenvalue weighted by molar-refractivity contribution is 0.0880. The molecule has 13 heteroatoms. The number of anilines is 1. The van der Waals surface area contributed by atoms with Crippen LogP contribution >= 0.6 is 0 Å². The molecule has 0 aliphatic carbocycles. The van der Waals surface area contributed by atoms with Gasteiger partial charge in [0.05, 0.1) is 17.8 Å². The number of aryl methyl sites for hydroxylation is 1. The first kappa shape index (κ1) is 25.0. The molecule has 2 amide bonds. The van der Waals surface area contributed by atoms with Gasteiger partial charge in [-0.1, -0.05) is 0 Å². The summed E-state index contributed by atoms with van der Waals surface area (Å²) in [5.41, 5.74) is -0.446. The zero-order valence-electron chi connectivity index (χ0n) is 18.4. The number of sulfone groups is 1. The Morgan fingerprint density at radius 2 is 2.06 bits per heavy atom. The zero-order valence-corrected chi connectivity index (χ0v) is 19.2. The number of carbonyl (C=O) groups excluding carboxylic acids is 1. The average Bonchev–Trinajstić information content (AvgIpc) is 3.16. The number of piperidine rings is 1. The van der Waals surface area contributed by atoms with Crippen LogP contribution in [0.4, 0.5) is 23.7 Å². The highest BCUT2D eigenvalue weighted by Crippen LogP contribution is 2.40. The summed E-state index contributed by atoms with van der Waals surface area (Å²) >= 11 is 0. The van der Waals surface area contributed by atoms with Crippen molar-refractivity contribution in [2.75, 3.05) is 11.9 Å². The fourth-order valence-corrected chi connectivity index (χ4v) is 5.63. The second-order valence-corrected chi connectivity index (χ2v) is 10.4. The van der Waals surface area contributed by atoms with Crippen LogP contribution in [0, 0.1) is 0 Å². The molecule has 2 aromatic heterocycles. The van der Waals surface area contributed by atoms with Crippen LogP contribution in [0.5, 0.6) is 0 Å². The molecule has 1 aliphatic rings. The number of nitrogens with zero attached hydrogens (tertiary/aromatic N) is 4. The Morgan fingerprint density at radius 1 is 1.36 bits per heavy atom. The number of rotatable bonds is 6. The van der Waals surface area contributed by atoms with Crippen molar-refractivity contribution in [1.29, 1.82) is 0 Å². The van der Waals surface area contributed by atoms with Crippen molar-refractivity contribution in [2.45, 2.75) is 61.6 Å². The van der Waals surface area contributed by atoms with Crippen LogP contribution in [0.1, 0.15) is 57.0 Å². The van der Waals surface area contributed by atoms with E-state index in [9.17, 15) is 27.1 Å². The number of hydrogen-bond acceptors (Lipinski definition) is 6. The molecule has 1 saturated heterocycles. The molecule has 182 valence electrons. The summed E-state index contributed by atoms with van der Waals surface area (Å²) < 4.78 is 70.1. The summed E-state index contributed by atoms with van der Waals surface area (Å²) in [4.78, 5) is 17.1. The number of amides is 2. The van der Waals surface area contributed by atoms with Gasteiger partial charge in [-0.2, -0.15) is 5.10 Å². The standard InChI is InChI=1S/C20H26F3N5O4S/c1-12(29)14-10-13(7-8-24-14)25-19(30)28-9-5-4-6-16(28)20(2,23)33(31,32)15-11-27(3)26-17(15)18(21)22/h7-8,10-12,16,18,29H,4-6,9H2,1-3H3,(H,24,25,30). The molecule has 0 spiro atoms. The van der Waals surface area contributed by atoms with Gasteiger partial charge in [0.1, 0.15) is 10.6 Å². The zero-order chi connectivity index (χ0) is 24.6. The molecule has 1 fully saturated rings. The number of hydrogen-bond donors (Lipinski definition) is 2. The lowest BCUT2D eigenvalue weighted by atomic mass is 9.99. The van der Waals surface area contributed by atoms with Gasteiger partial charge < -0.3 is 15.3 Å². The topological polar surface area (TPSA) is 117 Å². The Labute approximate surface area is 189 Å². The number of halogens is 3. The van der Waals surface area contributed by atoms with Gasteiger partial charge in [0, 0.05) is 31.7 Å². The highest BCUT2D eigenvalue weighted by molar-refractivity contribution is 7.92. The number of pyridine rings is 1. The molecule has 3 atom stereocenters. The third-order valence-corrected chi connectivity index (χ3v) is 7.88. The SMILES string of the molecule is CC(O)c1cc(NC(=O)N2CCCCC2C(C)(F)S(=O)(=O)c2cn(C)nc2C(F)F)ccn1. The second-order valence-electron chi connectivity index (χ2n) is 8.12. The molecule has 33 heavy (non-hydrogen) atoms. The van der Waals surface area contributed by atoms with Crippen molar-refractivity contribution in [2.24, 2.45) is 7.05 Å². The molecule has 1 aliphatic heterocycles. The van der Waals surface area contributed by atoms with Crippen LogP contribution in [0.25, 0.3) is 0 Å². The molecule has 0 radical (unpaired) electrons. The molecule has 3 heterocycles. The molecule has 0 bridgehead atoms. The van der Waals surface area contributed by atoms with Crippen LogP contribution in [0.15, 0.2) is 29.4 Å². The van der Waals surface area contributed by atoms with E-state index in [1.807, 2.05) is 0 Å². The Kier molecular flexibility index (Phi) is 7.03. The van der Waals surface area contributed by atoms with Gasteiger partial charge in [0.25, 0.3) is 6.43 Å². The summed E-state index contributed by atoms with van der Waals surface area (Å²) in [6, 6.07) is 0.748. The minimum atomic E-state index is -4.94. The summed E-state index contributed by atoms with van der Waals surface area (Å²) in [5, 5.41) is 12.7. The van der Waals surface area contributed by atoms with E-state index in [2.05, 4.69) is 15.4 Å². The molecule has 2 N–H and O–H groups in total. The molecule has 2 aromatic rings. The monoisotopic (exact) mass is 489 g/mol. The predicted molar refractivity (Wildman–Crippen MR) is 113 cm³/mol. The number of urea groups is 1. The van der Waals surface area contributed by atoms with E-state index in [0.717, 1.165) is 22.7 Å². The maximum absolute atomic E-state index is 16.1. The lowest BCUT2D eigenvalue weighted by Crippen LogP contribution is -2.57. The Hall–Kier alpha value is -2.67. The fraction of sp³-hybridized carbons (Fsp3) is 0.550. The van der Waals surface area contributed by atoms with E-state index < -0.39 is 50.0 Å². The van der Waals surface area contributed by atoms with Crippen molar-refractivity contribution < 1.29 is 31.5 Å². The van der Waals surface area contributed by atoms with E-state index in [0.29, 0.717) is 18.5 Å². The minimum absolute atomic E-state index is 0.0270. The van der Waals surface area contributed by atoms with Gasteiger partial charge in [0.15, 0.2) is 0 Å². The smallest absolute Gasteiger partial charge is 0.322 e. The number of aliphatic hydroxyl groups excluding tert-OH is 1. The molecule has 0 aromatic carbocycles. The fourth-order valence-electron chi connectivity index (χ4n) is 3.90. The second kappa shape index (κ2) is 9.29. The van der Waals surface area contributed by atoms with Crippen molar-refractivity contribution in [1.82, 2.24) is 19.7 Å².